The second-order valence-electron chi connectivity index (χ2n) is 13.6. The van der Waals surface area contributed by atoms with E-state index in [1.165, 1.54) is 16.7 Å². The zero-order valence-electron chi connectivity index (χ0n) is 32.4. The van der Waals surface area contributed by atoms with Crippen molar-refractivity contribution in [3.05, 3.63) is 165 Å². The number of benzene rings is 3. The van der Waals surface area contributed by atoms with Gasteiger partial charge in [-0.1, -0.05) is 48.5 Å². The molecule has 6 aromatic rings. The minimum atomic E-state index is -0.882. The van der Waals surface area contributed by atoms with Crippen molar-refractivity contribution in [2.75, 3.05) is 29.4 Å². The van der Waals surface area contributed by atoms with Gasteiger partial charge in [-0.25, -0.2) is 34.7 Å². The van der Waals surface area contributed by atoms with Crippen LogP contribution in [0.25, 0.3) is 0 Å². The van der Waals surface area contributed by atoms with Crippen molar-refractivity contribution in [3.8, 4) is 0 Å². The Morgan fingerprint density at radius 1 is 0.569 bits per heavy atom. The van der Waals surface area contributed by atoms with Crippen LogP contribution in [-0.4, -0.2) is 72.2 Å². The van der Waals surface area contributed by atoms with Crippen LogP contribution in [0.4, 0.5) is 11.9 Å². The number of aromatic carboxylic acids is 1. The van der Waals surface area contributed by atoms with Crippen LogP contribution in [0, 0.1) is 0 Å². The Labute approximate surface area is 345 Å². The molecule has 0 spiro atoms. The number of carboxylic acid groups (broad SMARTS) is 1. The van der Waals surface area contributed by atoms with Crippen molar-refractivity contribution in [2.45, 2.75) is 52.7 Å². The van der Waals surface area contributed by atoms with E-state index >= 15 is 0 Å². The van der Waals surface area contributed by atoms with Gasteiger partial charge in [0.25, 0.3) is 0 Å². The van der Waals surface area contributed by atoms with E-state index in [0.717, 1.165) is 79.2 Å². The molecule has 296 valence electrons. The predicted octanol–water partition coefficient (Wildman–Crippen LogP) is 6.75. The molecule has 9 rings (SSSR count). The molecule has 3 aromatic carbocycles. The number of carbonyl (C=O) groups excluding carboxylic acids is 2. The fraction of sp³-hybridized carbons (Fsp3) is 0.250. The van der Waals surface area contributed by atoms with Crippen LogP contribution in [0.15, 0.2) is 115 Å². The van der Waals surface area contributed by atoms with Crippen LogP contribution in [0.2, 0.25) is 0 Å². The van der Waals surface area contributed by atoms with Gasteiger partial charge in [-0.3, -0.25) is 9.59 Å². The SMILES string of the molecule is Brc1ncccn1.CC(=O)c1cccc2c1CN(c1ncccn1)CC2.CC(=O)c1cccc2c1CNCC2.O=C(O)c1cccc2c1CN(c1ncccn1)CC2. The standard InChI is InChI=1S/C15H15N3O.C14H13N3O2.C11H13NO.C4H3BrN2/c1-11(19)13-5-2-4-12-6-9-18(10-14(12)13)15-16-7-3-8-17-15;18-13(19)11-4-1-3-10-5-8-17(9-12(10)11)14-15-6-2-7-16-14;1-8(13)10-4-2-3-9-5-6-12-7-11(9)10;5-4-6-2-1-3-7-4/h2-5,7-8H,6,9-10H2,1H3;1-4,6-7H,5,8-9H2,(H,18,19);2-4,12H,5-7H2,1H3;1-3H. The molecule has 58 heavy (non-hydrogen) atoms. The third-order valence-electron chi connectivity index (χ3n) is 9.89. The monoisotopic (exact) mass is 841 g/mol. The molecule has 0 bridgehead atoms. The van der Waals surface area contributed by atoms with E-state index in [4.69, 9.17) is 0 Å². The first-order valence-electron chi connectivity index (χ1n) is 18.9. The molecule has 3 aliphatic rings. The number of rotatable bonds is 5. The van der Waals surface area contributed by atoms with Crippen molar-refractivity contribution < 1.29 is 19.5 Å². The average molecular weight is 843 g/mol. The summed E-state index contributed by atoms with van der Waals surface area (Å²) in [4.78, 5) is 63.0. The molecule has 0 saturated carbocycles. The Morgan fingerprint density at radius 2 is 0.983 bits per heavy atom. The first kappa shape index (κ1) is 41.4. The van der Waals surface area contributed by atoms with Crippen molar-refractivity contribution in [1.82, 2.24) is 35.2 Å². The number of Topliss-reactive ketones (excluding diaryl/α,β-unsaturated/α-hetero) is 2. The Balaban J connectivity index is 0.000000137. The van der Waals surface area contributed by atoms with Crippen LogP contribution in [0.5, 0.6) is 0 Å². The number of nitrogens with zero attached hydrogens (tertiary/aromatic N) is 8. The Morgan fingerprint density at radius 3 is 1.41 bits per heavy atom. The Hall–Kier alpha value is -6.25. The van der Waals surface area contributed by atoms with Gasteiger partial charge < -0.3 is 20.2 Å². The molecule has 0 atom stereocenters. The summed E-state index contributed by atoms with van der Waals surface area (Å²) in [6.07, 6.45) is 13.0. The highest BCUT2D eigenvalue weighted by atomic mass is 79.9. The molecule has 3 aliphatic heterocycles. The summed E-state index contributed by atoms with van der Waals surface area (Å²) < 4.78 is 0.634. The molecule has 3 aromatic heterocycles. The summed E-state index contributed by atoms with van der Waals surface area (Å²) in [5, 5.41) is 12.5. The topological polar surface area (TPSA) is 167 Å². The smallest absolute Gasteiger partial charge is 0.336 e. The molecule has 0 aliphatic carbocycles. The predicted molar refractivity (Wildman–Crippen MR) is 225 cm³/mol. The first-order chi connectivity index (χ1) is 28.2. The van der Waals surface area contributed by atoms with Gasteiger partial charge in [0.2, 0.25) is 11.9 Å². The number of fused-ring (bicyclic) bond motifs is 3. The minimum Gasteiger partial charge on any atom is -0.478 e. The molecule has 13 nitrogen and oxygen atoms in total. The van der Waals surface area contributed by atoms with Gasteiger partial charge in [-0.15, -0.1) is 0 Å². The van der Waals surface area contributed by atoms with E-state index < -0.39 is 5.97 Å². The molecule has 0 amide bonds. The lowest BCUT2D eigenvalue weighted by atomic mass is 9.93. The Bertz CT molecular complexity index is 2220. The normalized spacial score (nSPS) is 13.6. The lowest BCUT2D eigenvalue weighted by molar-refractivity contribution is 0.0694. The van der Waals surface area contributed by atoms with Gasteiger partial charge in [0.1, 0.15) is 0 Å². The summed E-state index contributed by atoms with van der Waals surface area (Å²) in [7, 11) is 0. The lowest BCUT2D eigenvalue weighted by Gasteiger charge is -2.29. The van der Waals surface area contributed by atoms with Crippen molar-refractivity contribution in [1.29, 1.82) is 0 Å². The molecule has 0 saturated heterocycles. The van der Waals surface area contributed by atoms with Crippen LogP contribution in [0.3, 0.4) is 0 Å². The van der Waals surface area contributed by atoms with Gasteiger partial charge in [-0.2, -0.15) is 0 Å². The van der Waals surface area contributed by atoms with Crippen molar-refractivity contribution >= 4 is 45.4 Å². The number of hydrogen-bond donors (Lipinski definition) is 2. The number of carboxylic acids is 1. The number of halogens is 1. The van der Waals surface area contributed by atoms with E-state index in [2.05, 4.69) is 68.2 Å². The average Bonchev–Trinajstić information content (AvgIpc) is 3.27. The van der Waals surface area contributed by atoms with E-state index in [-0.39, 0.29) is 11.6 Å². The summed E-state index contributed by atoms with van der Waals surface area (Å²) in [6, 6.07) is 22.7. The van der Waals surface area contributed by atoms with E-state index in [1.807, 2.05) is 41.3 Å². The number of aromatic nitrogens is 6. The molecular formula is C44H44BrN9O4. The zero-order chi connectivity index (χ0) is 40.9. The molecule has 0 radical (unpaired) electrons. The molecule has 14 heteroatoms. The van der Waals surface area contributed by atoms with Crippen LogP contribution in [0.1, 0.15) is 78.3 Å². The van der Waals surface area contributed by atoms with Gasteiger partial charge in [0, 0.05) is 81.0 Å². The fourth-order valence-corrected chi connectivity index (χ4v) is 7.30. The maximum Gasteiger partial charge on any atom is 0.336 e. The number of anilines is 2. The minimum absolute atomic E-state index is 0.118. The molecule has 0 unspecified atom stereocenters. The van der Waals surface area contributed by atoms with Crippen molar-refractivity contribution in [2.24, 2.45) is 0 Å². The first-order valence-corrected chi connectivity index (χ1v) is 19.7. The number of ketones is 2. The van der Waals surface area contributed by atoms with E-state index in [1.54, 1.807) is 75.3 Å². The zero-order valence-corrected chi connectivity index (χ0v) is 34.0. The van der Waals surface area contributed by atoms with E-state index in [9.17, 15) is 19.5 Å². The maximum atomic E-state index is 11.7. The van der Waals surface area contributed by atoms with Crippen molar-refractivity contribution in [3.63, 3.8) is 0 Å². The van der Waals surface area contributed by atoms with E-state index in [0.29, 0.717) is 29.3 Å². The summed E-state index contributed by atoms with van der Waals surface area (Å²) in [5.74, 6) is 0.778. The van der Waals surface area contributed by atoms with Gasteiger partial charge in [0.15, 0.2) is 16.3 Å². The highest BCUT2D eigenvalue weighted by molar-refractivity contribution is 9.10. The highest BCUT2D eigenvalue weighted by Gasteiger charge is 2.24. The second kappa shape index (κ2) is 20.3. The molecular weight excluding hydrogens is 798 g/mol. The van der Waals surface area contributed by atoms with Gasteiger partial charge >= 0.3 is 5.97 Å². The second-order valence-corrected chi connectivity index (χ2v) is 14.3. The van der Waals surface area contributed by atoms with Gasteiger partial charge in [0.05, 0.1) is 5.56 Å². The quantitative estimate of drug-likeness (QED) is 0.138. The number of carbonyl (C=O) groups is 3. The molecule has 0 fully saturated rings. The fourth-order valence-electron chi connectivity index (χ4n) is 7.07. The lowest BCUT2D eigenvalue weighted by Crippen LogP contribution is -2.32. The van der Waals surface area contributed by atoms with Crippen LogP contribution >= 0.6 is 15.9 Å². The summed E-state index contributed by atoms with van der Waals surface area (Å²) in [5.41, 5.74) is 8.95. The molecule has 6 heterocycles. The summed E-state index contributed by atoms with van der Waals surface area (Å²) >= 11 is 3.09. The maximum absolute atomic E-state index is 11.7. The number of hydrogen-bond acceptors (Lipinski definition) is 12. The van der Waals surface area contributed by atoms with Gasteiger partial charge in [-0.05, 0) is 113 Å². The summed E-state index contributed by atoms with van der Waals surface area (Å²) in [6.45, 7) is 8.05. The van der Waals surface area contributed by atoms with Crippen LogP contribution < -0.4 is 15.1 Å². The largest absolute Gasteiger partial charge is 0.478 e. The van der Waals surface area contributed by atoms with Crippen LogP contribution in [-0.2, 0) is 38.9 Å². The number of nitrogens with one attached hydrogen (secondary N) is 1. The Kier molecular flexibility index (Phi) is 14.5. The highest BCUT2D eigenvalue weighted by Crippen LogP contribution is 2.26. The third kappa shape index (κ3) is 10.8. The molecule has 2 N–H and O–H groups in total. The third-order valence-corrected chi connectivity index (χ3v) is 10.3.